The van der Waals surface area contributed by atoms with Crippen LogP contribution in [0.4, 0.5) is 4.79 Å². The van der Waals surface area contributed by atoms with Gasteiger partial charge in [-0.25, -0.2) is 9.59 Å². The van der Waals surface area contributed by atoms with E-state index in [-0.39, 0.29) is 30.4 Å². The van der Waals surface area contributed by atoms with Gasteiger partial charge < -0.3 is 21.1 Å². The van der Waals surface area contributed by atoms with E-state index in [1.165, 1.54) is 0 Å². The SMILES string of the molecule is O=C(CCCCC1SCC2NC(=O)NC21)N[C@H](Cc1ccccc1)C(=O)O. The number of hydrogen-bond acceptors (Lipinski definition) is 4. The molecule has 1 aromatic carbocycles. The highest BCUT2D eigenvalue weighted by atomic mass is 32.2. The second-order valence-electron chi connectivity index (χ2n) is 7.02. The van der Waals surface area contributed by atoms with Gasteiger partial charge in [0, 0.05) is 23.8 Å². The number of carbonyl (C=O) groups excluding carboxylic acids is 2. The first kappa shape index (κ1) is 19.5. The Morgan fingerprint density at radius 2 is 2.00 bits per heavy atom. The molecule has 0 radical (unpaired) electrons. The first-order valence-corrected chi connectivity index (χ1v) is 10.3. The lowest BCUT2D eigenvalue weighted by Crippen LogP contribution is -2.42. The fraction of sp³-hybridized carbons (Fsp3) is 0.526. The molecule has 0 aromatic heterocycles. The molecule has 8 heteroatoms. The summed E-state index contributed by atoms with van der Waals surface area (Å²) in [4.78, 5) is 34.9. The van der Waals surface area contributed by atoms with E-state index in [9.17, 15) is 19.5 Å². The Kier molecular flexibility index (Phi) is 6.60. The van der Waals surface area contributed by atoms with Crippen LogP contribution < -0.4 is 16.0 Å². The monoisotopic (exact) mass is 391 g/mol. The molecule has 0 spiro atoms. The van der Waals surface area contributed by atoms with Crippen LogP contribution in [0.3, 0.4) is 0 Å². The summed E-state index contributed by atoms with van der Waals surface area (Å²) in [5.74, 6) is -0.329. The predicted molar refractivity (Wildman–Crippen MR) is 104 cm³/mol. The van der Waals surface area contributed by atoms with Gasteiger partial charge in [0.05, 0.1) is 12.1 Å². The van der Waals surface area contributed by atoms with Gasteiger partial charge in [0.1, 0.15) is 6.04 Å². The maximum absolute atomic E-state index is 12.1. The number of urea groups is 1. The Bertz CT molecular complexity index is 685. The van der Waals surface area contributed by atoms with Crippen LogP contribution in [-0.4, -0.2) is 52.1 Å². The zero-order valence-electron chi connectivity index (χ0n) is 15.0. The average molecular weight is 391 g/mol. The van der Waals surface area contributed by atoms with Crippen LogP contribution >= 0.6 is 11.8 Å². The Hall–Kier alpha value is -2.22. The van der Waals surface area contributed by atoms with E-state index in [0.717, 1.165) is 24.2 Å². The second kappa shape index (κ2) is 9.12. The lowest BCUT2D eigenvalue weighted by molar-refractivity contribution is -0.141. The van der Waals surface area contributed by atoms with Crippen molar-refractivity contribution in [1.29, 1.82) is 0 Å². The summed E-state index contributed by atoms with van der Waals surface area (Å²) in [7, 11) is 0. The highest BCUT2D eigenvalue weighted by Crippen LogP contribution is 2.33. The molecule has 4 N–H and O–H groups in total. The van der Waals surface area contributed by atoms with Crippen molar-refractivity contribution in [3.8, 4) is 0 Å². The Balaban J connectivity index is 1.37. The molecule has 0 bridgehead atoms. The van der Waals surface area contributed by atoms with Crippen LogP contribution in [0.15, 0.2) is 30.3 Å². The summed E-state index contributed by atoms with van der Waals surface area (Å²) < 4.78 is 0. The highest BCUT2D eigenvalue weighted by Gasteiger charge is 2.42. The van der Waals surface area contributed by atoms with Gasteiger partial charge in [-0.05, 0) is 18.4 Å². The van der Waals surface area contributed by atoms with Crippen molar-refractivity contribution < 1.29 is 19.5 Å². The molecule has 146 valence electrons. The van der Waals surface area contributed by atoms with Crippen molar-refractivity contribution in [3.05, 3.63) is 35.9 Å². The number of aliphatic carboxylic acids is 1. The molecule has 3 rings (SSSR count). The summed E-state index contributed by atoms with van der Waals surface area (Å²) in [5, 5.41) is 18.2. The molecule has 3 unspecified atom stereocenters. The summed E-state index contributed by atoms with van der Waals surface area (Å²) in [5.41, 5.74) is 0.880. The minimum atomic E-state index is -1.02. The quantitative estimate of drug-likeness (QED) is 0.377. The normalized spacial score (nSPS) is 24.6. The topological polar surface area (TPSA) is 108 Å². The van der Waals surface area contributed by atoms with Crippen molar-refractivity contribution in [1.82, 2.24) is 16.0 Å². The summed E-state index contributed by atoms with van der Waals surface area (Å²) in [6, 6.07) is 8.67. The van der Waals surface area contributed by atoms with Crippen molar-refractivity contribution >= 4 is 29.7 Å². The van der Waals surface area contributed by atoms with E-state index in [1.54, 1.807) is 0 Å². The number of nitrogens with one attached hydrogen (secondary N) is 3. The lowest BCUT2D eigenvalue weighted by Gasteiger charge is -2.17. The molecule has 1 aromatic rings. The van der Waals surface area contributed by atoms with Gasteiger partial charge >= 0.3 is 12.0 Å². The molecule has 0 saturated carbocycles. The molecule has 2 aliphatic rings. The van der Waals surface area contributed by atoms with Gasteiger partial charge in [-0.3, -0.25) is 4.79 Å². The van der Waals surface area contributed by atoms with Crippen LogP contribution in [0.1, 0.15) is 31.2 Å². The number of amides is 3. The molecular formula is C19H25N3O4S. The fourth-order valence-electron chi connectivity index (χ4n) is 3.59. The maximum atomic E-state index is 12.1. The first-order valence-electron chi connectivity index (χ1n) is 9.27. The molecule has 27 heavy (non-hydrogen) atoms. The average Bonchev–Trinajstić information content (AvgIpc) is 3.18. The third-order valence-corrected chi connectivity index (χ3v) is 6.51. The number of carboxylic acid groups (broad SMARTS) is 1. The van der Waals surface area contributed by atoms with Gasteiger partial charge in [-0.15, -0.1) is 0 Å². The van der Waals surface area contributed by atoms with Crippen molar-refractivity contribution in [2.75, 3.05) is 5.75 Å². The smallest absolute Gasteiger partial charge is 0.326 e. The number of rotatable bonds is 9. The predicted octanol–water partition coefficient (Wildman–Crippen LogP) is 1.52. The minimum Gasteiger partial charge on any atom is -0.480 e. The fourth-order valence-corrected chi connectivity index (χ4v) is 5.13. The van der Waals surface area contributed by atoms with Crippen molar-refractivity contribution in [3.63, 3.8) is 0 Å². The number of benzene rings is 1. The van der Waals surface area contributed by atoms with E-state index in [2.05, 4.69) is 16.0 Å². The van der Waals surface area contributed by atoms with Crippen LogP contribution in [0.2, 0.25) is 0 Å². The van der Waals surface area contributed by atoms with E-state index in [1.807, 2.05) is 42.1 Å². The lowest BCUT2D eigenvalue weighted by atomic mass is 10.0. The summed E-state index contributed by atoms with van der Waals surface area (Å²) in [6.07, 6.45) is 3.11. The zero-order chi connectivity index (χ0) is 19.2. The molecule has 2 saturated heterocycles. The molecule has 2 aliphatic heterocycles. The Morgan fingerprint density at radius 3 is 2.74 bits per heavy atom. The maximum Gasteiger partial charge on any atom is 0.326 e. The van der Waals surface area contributed by atoms with Crippen molar-refractivity contribution in [2.24, 2.45) is 0 Å². The molecule has 7 nitrogen and oxygen atoms in total. The Morgan fingerprint density at radius 1 is 1.22 bits per heavy atom. The number of fused-ring (bicyclic) bond motifs is 1. The highest BCUT2D eigenvalue weighted by molar-refractivity contribution is 8.00. The molecule has 0 aliphatic carbocycles. The number of thioether (sulfide) groups is 1. The minimum absolute atomic E-state index is 0.0900. The third-order valence-electron chi connectivity index (χ3n) is 5.00. The van der Waals surface area contributed by atoms with Gasteiger partial charge in [-0.2, -0.15) is 11.8 Å². The second-order valence-corrected chi connectivity index (χ2v) is 8.29. The van der Waals surface area contributed by atoms with Crippen LogP contribution in [0.25, 0.3) is 0 Å². The number of unbranched alkanes of at least 4 members (excludes halogenated alkanes) is 1. The summed E-state index contributed by atoms with van der Waals surface area (Å²) >= 11 is 1.86. The molecular weight excluding hydrogens is 366 g/mol. The zero-order valence-corrected chi connectivity index (χ0v) is 15.8. The van der Waals surface area contributed by atoms with Crippen LogP contribution in [0, 0.1) is 0 Å². The molecule has 3 amide bonds. The number of hydrogen-bond donors (Lipinski definition) is 4. The van der Waals surface area contributed by atoms with E-state index in [4.69, 9.17) is 0 Å². The standard InChI is InChI=1S/C19H25N3O4S/c23-16(20-13(18(24)25)10-12-6-2-1-3-7-12)9-5-4-8-15-17-14(11-27-15)21-19(26)22-17/h1-3,6-7,13-15,17H,4-5,8-11H2,(H,20,23)(H,24,25)(H2,21,22,26)/t13-,14?,15?,17?/m1/s1. The van der Waals surface area contributed by atoms with Gasteiger partial charge in [0.2, 0.25) is 5.91 Å². The molecule has 2 fully saturated rings. The largest absolute Gasteiger partial charge is 0.480 e. The number of carboxylic acids is 1. The number of carbonyl (C=O) groups is 3. The van der Waals surface area contributed by atoms with E-state index < -0.39 is 12.0 Å². The summed E-state index contributed by atoms with van der Waals surface area (Å²) in [6.45, 7) is 0. The van der Waals surface area contributed by atoms with Crippen LogP contribution in [0.5, 0.6) is 0 Å². The van der Waals surface area contributed by atoms with E-state index >= 15 is 0 Å². The first-order chi connectivity index (χ1) is 13.0. The van der Waals surface area contributed by atoms with Gasteiger partial charge in [0.15, 0.2) is 0 Å². The van der Waals surface area contributed by atoms with Crippen LogP contribution in [-0.2, 0) is 16.0 Å². The Labute approximate surface area is 162 Å². The van der Waals surface area contributed by atoms with Crippen molar-refractivity contribution in [2.45, 2.75) is 55.5 Å². The molecule has 4 atom stereocenters. The van der Waals surface area contributed by atoms with Gasteiger partial charge in [-0.1, -0.05) is 36.8 Å². The third kappa shape index (κ3) is 5.38. The molecule has 2 heterocycles. The van der Waals surface area contributed by atoms with E-state index in [0.29, 0.717) is 18.1 Å². The van der Waals surface area contributed by atoms with Gasteiger partial charge in [0.25, 0.3) is 0 Å².